The maximum Gasteiger partial charge on any atom is 0.338 e. The highest BCUT2D eigenvalue weighted by Crippen LogP contribution is 2.43. The third-order valence-corrected chi connectivity index (χ3v) is 9.43. The van der Waals surface area contributed by atoms with Gasteiger partial charge in [0.25, 0.3) is 0 Å². The minimum absolute atomic E-state index is 0.0165. The highest BCUT2D eigenvalue weighted by Gasteiger charge is 2.33. The molecular weight excluding hydrogens is 596 g/mol. The number of nitrogens with one attached hydrogen (secondary N) is 3. The third kappa shape index (κ3) is 6.23. The van der Waals surface area contributed by atoms with E-state index in [-0.39, 0.29) is 40.8 Å². The Labute approximate surface area is 273 Å². The average Bonchev–Trinajstić information content (AvgIpc) is 3.70. The van der Waals surface area contributed by atoms with Crippen LogP contribution in [0.4, 0.5) is 0 Å². The maximum atomic E-state index is 12.8. The predicted octanol–water partition coefficient (Wildman–Crippen LogP) is 5.98. The molecule has 0 saturated carbocycles. The Morgan fingerprint density at radius 2 is 1.72 bits per heavy atom. The van der Waals surface area contributed by atoms with Gasteiger partial charge in [0.05, 0.1) is 34.6 Å². The van der Waals surface area contributed by atoms with Gasteiger partial charge in [0.1, 0.15) is 0 Å². The lowest BCUT2D eigenvalue weighted by Gasteiger charge is -2.18. The molecule has 11 nitrogen and oxygen atoms in total. The summed E-state index contributed by atoms with van der Waals surface area (Å²) < 4.78 is 0. The van der Waals surface area contributed by atoms with Crippen molar-refractivity contribution in [2.45, 2.75) is 72.1 Å². The number of nitrogens with two attached hydrogens (primary N) is 1. The van der Waals surface area contributed by atoms with Crippen molar-refractivity contribution in [2.75, 3.05) is 13.1 Å². The zero-order valence-electron chi connectivity index (χ0n) is 27.5. The van der Waals surface area contributed by atoms with Crippen LogP contribution in [0.3, 0.4) is 0 Å². The fourth-order valence-electron chi connectivity index (χ4n) is 6.83. The van der Waals surface area contributed by atoms with Crippen LogP contribution in [0.15, 0.2) is 24.8 Å². The first-order chi connectivity index (χ1) is 22.4. The van der Waals surface area contributed by atoms with Crippen molar-refractivity contribution in [3.8, 4) is 0 Å². The number of aromatic amines is 2. The summed E-state index contributed by atoms with van der Waals surface area (Å²) in [6.45, 7) is 14.5. The smallest absolute Gasteiger partial charge is 0.338 e. The van der Waals surface area contributed by atoms with Crippen LogP contribution in [-0.4, -0.2) is 61.1 Å². The molecule has 11 heteroatoms. The van der Waals surface area contributed by atoms with Gasteiger partial charge < -0.3 is 31.2 Å². The van der Waals surface area contributed by atoms with Gasteiger partial charge in [0.15, 0.2) is 0 Å². The summed E-state index contributed by atoms with van der Waals surface area (Å²) in [4.78, 5) is 54.7. The molecule has 2 aliphatic rings. The molecule has 8 bridgehead atoms. The number of aryl methyl sites for hydroxylation is 2. The molecule has 2 aliphatic heterocycles. The maximum absolute atomic E-state index is 12.8. The first-order valence-corrected chi connectivity index (χ1v) is 15.9. The van der Waals surface area contributed by atoms with E-state index in [4.69, 9.17) is 15.7 Å². The second-order valence-electron chi connectivity index (χ2n) is 12.2. The van der Waals surface area contributed by atoms with Crippen LogP contribution in [0, 0.1) is 13.8 Å². The number of allylic oxidation sites excluding steroid dienone is 2. The fourth-order valence-corrected chi connectivity index (χ4v) is 6.83. The molecule has 5 heterocycles. The Morgan fingerprint density at radius 1 is 1.02 bits per heavy atom. The van der Waals surface area contributed by atoms with E-state index in [9.17, 15) is 24.6 Å². The van der Waals surface area contributed by atoms with Gasteiger partial charge in [-0.25, -0.2) is 9.78 Å². The molecule has 1 amide bonds. The van der Waals surface area contributed by atoms with Crippen LogP contribution in [0.25, 0.3) is 39.3 Å². The first kappa shape index (κ1) is 33.3. The Morgan fingerprint density at radius 3 is 2.36 bits per heavy atom. The summed E-state index contributed by atoms with van der Waals surface area (Å²) in [5.41, 5.74) is 15.3. The largest absolute Gasteiger partial charge is 0.481 e. The first-order valence-electron chi connectivity index (χ1n) is 15.9. The highest BCUT2D eigenvalue weighted by molar-refractivity contribution is 6.02. The van der Waals surface area contributed by atoms with Gasteiger partial charge in [-0.3, -0.25) is 14.6 Å². The lowest BCUT2D eigenvalue weighted by Crippen LogP contribution is -2.29. The Balaban J connectivity index is 1.95. The van der Waals surface area contributed by atoms with E-state index in [0.29, 0.717) is 54.1 Å². The minimum Gasteiger partial charge on any atom is -0.481 e. The van der Waals surface area contributed by atoms with Crippen molar-refractivity contribution in [2.24, 2.45) is 5.73 Å². The van der Waals surface area contributed by atoms with E-state index in [0.717, 1.165) is 39.0 Å². The summed E-state index contributed by atoms with van der Waals surface area (Å²) >= 11 is 0. The molecule has 47 heavy (non-hydrogen) atoms. The van der Waals surface area contributed by atoms with E-state index in [1.165, 1.54) is 0 Å². The highest BCUT2D eigenvalue weighted by atomic mass is 16.4. The van der Waals surface area contributed by atoms with Crippen LogP contribution >= 0.6 is 0 Å². The van der Waals surface area contributed by atoms with Crippen LogP contribution in [0.5, 0.6) is 0 Å². The molecule has 5 rings (SSSR count). The van der Waals surface area contributed by atoms with E-state index < -0.39 is 18.4 Å². The van der Waals surface area contributed by atoms with Gasteiger partial charge in [0, 0.05) is 64.7 Å². The quantitative estimate of drug-likeness (QED) is 0.156. The minimum atomic E-state index is -1.18. The molecule has 246 valence electrons. The summed E-state index contributed by atoms with van der Waals surface area (Å²) in [5, 5.41) is 23.4. The number of rotatable bonds is 10. The molecular formula is C36H42N6O5. The second-order valence-corrected chi connectivity index (χ2v) is 12.2. The molecule has 0 spiro atoms. The lowest BCUT2D eigenvalue weighted by atomic mass is 9.85. The number of aliphatic carboxylic acids is 1. The average molecular weight is 639 g/mol. The van der Waals surface area contributed by atoms with Crippen molar-refractivity contribution in [1.82, 2.24) is 25.3 Å². The number of nitrogens with zero attached hydrogens (tertiary/aromatic N) is 2. The van der Waals surface area contributed by atoms with Crippen LogP contribution < -0.4 is 11.1 Å². The number of carbonyl (C=O) groups excluding carboxylic acids is 1. The van der Waals surface area contributed by atoms with E-state index in [2.05, 4.69) is 21.9 Å². The standard InChI is InChI=1S/C36H42N6O5/c1-7-21-17(3)25-14-27-19(5)23(9-10-31(43)38-12-11-37)34(41-27)24(13-32(44)45)35-33(36(46)47)20(6)28(42-35)16-30-22(8-2)18(4)26(40-30)15-29(21)39-25/h7,14-16,19,23,39,42H,1,8-13,37H2,2-6H3,(H,38,43)(H,44,45)(H,46,47)/t19-,23-/m0/s1. The van der Waals surface area contributed by atoms with Gasteiger partial charge in [-0.15, -0.1) is 0 Å². The molecule has 0 unspecified atom stereocenters. The molecule has 0 fully saturated rings. The number of carboxylic acid groups (broad SMARTS) is 2. The third-order valence-electron chi connectivity index (χ3n) is 9.43. The Bertz CT molecular complexity index is 2000. The van der Waals surface area contributed by atoms with Crippen molar-refractivity contribution in [3.63, 3.8) is 0 Å². The van der Waals surface area contributed by atoms with Gasteiger partial charge in [0.2, 0.25) is 5.91 Å². The summed E-state index contributed by atoms with van der Waals surface area (Å²) in [6.07, 6.45) is 2.59. The van der Waals surface area contributed by atoms with Crippen LogP contribution in [-0.2, 0) is 16.0 Å². The van der Waals surface area contributed by atoms with E-state index >= 15 is 0 Å². The van der Waals surface area contributed by atoms with E-state index in [1.54, 1.807) is 6.92 Å². The van der Waals surface area contributed by atoms with Crippen LogP contribution in [0.1, 0.15) is 107 Å². The predicted molar refractivity (Wildman–Crippen MR) is 184 cm³/mol. The molecule has 3 aromatic heterocycles. The molecule has 0 saturated heterocycles. The topological polar surface area (TPSA) is 187 Å². The Hall–Kier alpha value is -5.03. The van der Waals surface area contributed by atoms with Gasteiger partial charge >= 0.3 is 11.9 Å². The van der Waals surface area contributed by atoms with Gasteiger partial charge in [-0.1, -0.05) is 26.5 Å². The number of aromatic carboxylic acids is 1. The SMILES string of the molecule is C=Cc1c(C)c2cc3nc(c(CC(=O)O)c4[nH]c(cc5nc(cc1[nH]2)C(C)=C5CC)c(C)c4C(=O)O)[C@@H](CCC(=O)NCCN)[C@@H]3C. The van der Waals surface area contributed by atoms with Gasteiger partial charge in [-0.2, -0.15) is 0 Å². The molecule has 3 aromatic rings. The fraction of sp³-hybridized carbons (Fsp3) is 0.361. The lowest BCUT2D eigenvalue weighted by molar-refractivity contribution is -0.136. The van der Waals surface area contributed by atoms with Crippen LogP contribution in [0.2, 0.25) is 0 Å². The number of fused-ring (bicyclic) bond motifs is 8. The second kappa shape index (κ2) is 13.4. The van der Waals surface area contributed by atoms with Crippen molar-refractivity contribution in [3.05, 3.63) is 75.4 Å². The van der Waals surface area contributed by atoms with Crippen molar-refractivity contribution < 1.29 is 24.6 Å². The summed E-state index contributed by atoms with van der Waals surface area (Å²) in [5.74, 6) is -3.05. The molecule has 7 N–H and O–H groups in total. The normalized spacial score (nSPS) is 16.0. The van der Waals surface area contributed by atoms with Crippen molar-refractivity contribution >= 4 is 57.1 Å². The number of H-pyrrole nitrogens is 2. The zero-order valence-corrected chi connectivity index (χ0v) is 27.5. The number of hydrogen-bond acceptors (Lipinski definition) is 6. The monoisotopic (exact) mass is 638 g/mol. The number of hydrogen-bond donors (Lipinski definition) is 6. The molecule has 0 aromatic carbocycles. The summed E-state index contributed by atoms with van der Waals surface area (Å²) in [6, 6.07) is 5.80. The Kier molecular flexibility index (Phi) is 9.48. The number of amides is 1. The van der Waals surface area contributed by atoms with Gasteiger partial charge in [-0.05, 0) is 74.1 Å². The zero-order chi connectivity index (χ0) is 34.2. The number of aromatic nitrogens is 4. The molecule has 0 aliphatic carbocycles. The molecule has 2 atom stereocenters. The van der Waals surface area contributed by atoms with Crippen molar-refractivity contribution in [1.29, 1.82) is 0 Å². The number of carbonyl (C=O) groups is 3. The van der Waals surface area contributed by atoms with E-state index in [1.807, 2.05) is 52.0 Å². The number of carboxylic acids is 2. The summed E-state index contributed by atoms with van der Waals surface area (Å²) in [7, 11) is 0. The molecule has 0 radical (unpaired) electrons.